The van der Waals surface area contributed by atoms with E-state index in [1.165, 1.54) is 12.1 Å². The van der Waals surface area contributed by atoms with Crippen molar-refractivity contribution in [3.8, 4) is 5.75 Å². The second kappa shape index (κ2) is 6.96. The Morgan fingerprint density at radius 2 is 2.17 bits per heavy atom. The van der Waals surface area contributed by atoms with Crippen molar-refractivity contribution in [1.82, 2.24) is 5.32 Å². The highest BCUT2D eigenvalue weighted by molar-refractivity contribution is 5.79. The van der Waals surface area contributed by atoms with Gasteiger partial charge in [-0.25, -0.2) is 4.39 Å². The highest BCUT2D eigenvalue weighted by Gasteiger charge is 2.15. The monoisotopic (exact) mass is 254 g/mol. The molecule has 0 heterocycles. The second-order valence-corrected chi connectivity index (χ2v) is 3.99. The summed E-state index contributed by atoms with van der Waals surface area (Å²) in [4.78, 5) is 11.1. The van der Waals surface area contributed by atoms with Crippen LogP contribution in [0.5, 0.6) is 5.75 Å². The molecule has 5 heteroatoms. The van der Waals surface area contributed by atoms with Gasteiger partial charge in [-0.3, -0.25) is 4.79 Å². The largest absolute Gasteiger partial charge is 0.481 e. The molecule has 0 aliphatic carbocycles. The van der Waals surface area contributed by atoms with E-state index < -0.39 is 12.0 Å². The van der Waals surface area contributed by atoms with Crippen LogP contribution in [-0.2, 0) is 11.3 Å². The number of benzene rings is 1. The van der Waals surface area contributed by atoms with Gasteiger partial charge in [0.25, 0.3) is 5.91 Å². The molecule has 0 radical (unpaired) electrons. The number of nitrogens with one attached hydrogen (secondary N) is 1. The van der Waals surface area contributed by atoms with Crippen LogP contribution in [0.2, 0.25) is 0 Å². The molecule has 0 bridgehead atoms. The minimum atomic E-state index is -0.723. The molecule has 1 rings (SSSR count). The third-order valence-electron chi connectivity index (χ3n) is 2.48. The van der Waals surface area contributed by atoms with Crippen LogP contribution in [0.1, 0.15) is 25.8 Å². The smallest absolute Gasteiger partial charge is 0.258 e. The highest BCUT2D eigenvalue weighted by atomic mass is 19.1. The summed E-state index contributed by atoms with van der Waals surface area (Å²) in [5.41, 5.74) is 5.95. The van der Waals surface area contributed by atoms with Crippen molar-refractivity contribution in [2.24, 2.45) is 5.73 Å². The first-order chi connectivity index (χ1) is 8.56. The molecule has 0 aliphatic heterocycles. The van der Waals surface area contributed by atoms with Crippen molar-refractivity contribution in [1.29, 1.82) is 0 Å². The maximum atomic E-state index is 13.4. The average molecular weight is 254 g/mol. The fourth-order valence-electron chi connectivity index (χ4n) is 1.57. The van der Waals surface area contributed by atoms with E-state index in [-0.39, 0.29) is 5.82 Å². The molecule has 18 heavy (non-hydrogen) atoms. The van der Waals surface area contributed by atoms with Crippen molar-refractivity contribution in [3.63, 3.8) is 0 Å². The molecule has 1 aromatic rings. The van der Waals surface area contributed by atoms with E-state index >= 15 is 0 Å². The topological polar surface area (TPSA) is 64.3 Å². The van der Waals surface area contributed by atoms with Crippen LogP contribution < -0.4 is 15.8 Å². The van der Waals surface area contributed by atoms with E-state index in [1.54, 1.807) is 13.0 Å². The molecule has 0 saturated carbocycles. The molecular formula is C13H19FN2O2. The Hall–Kier alpha value is -1.62. The molecule has 100 valence electrons. The lowest BCUT2D eigenvalue weighted by Crippen LogP contribution is -2.33. The molecule has 1 amide bonds. The molecule has 0 aromatic heterocycles. The van der Waals surface area contributed by atoms with E-state index in [0.717, 1.165) is 12.1 Å². The predicted molar refractivity (Wildman–Crippen MR) is 67.7 cm³/mol. The van der Waals surface area contributed by atoms with Gasteiger partial charge in [-0.15, -0.1) is 0 Å². The van der Waals surface area contributed by atoms with Crippen molar-refractivity contribution < 1.29 is 13.9 Å². The minimum Gasteiger partial charge on any atom is -0.481 e. The van der Waals surface area contributed by atoms with Crippen LogP contribution >= 0.6 is 0 Å². The van der Waals surface area contributed by atoms with Gasteiger partial charge in [0.1, 0.15) is 11.6 Å². The fraction of sp³-hybridized carbons (Fsp3) is 0.462. The van der Waals surface area contributed by atoms with Crippen LogP contribution in [-0.4, -0.2) is 18.6 Å². The van der Waals surface area contributed by atoms with E-state index in [1.807, 2.05) is 6.92 Å². The number of carbonyl (C=O) groups excluding carboxylic acids is 1. The lowest BCUT2D eigenvalue weighted by Gasteiger charge is -2.15. The fourth-order valence-corrected chi connectivity index (χ4v) is 1.57. The molecule has 0 aliphatic rings. The van der Waals surface area contributed by atoms with Crippen LogP contribution in [0, 0.1) is 5.82 Å². The van der Waals surface area contributed by atoms with Gasteiger partial charge < -0.3 is 15.8 Å². The molecule has 0 saturated heterocycles. The number of hydrogen-bond acceptors (Lipinski definition) is 3. The van der Waals surface area contributed by atoms with Crippen LogP contribution in [0.3, 0.4) is 0 Å². The molecule has 4 nitrogen and oxygen atoms in total. The van der Waals surface area contributed by atoms with Gasteiger partial charge in [-0.1, -0.05) is 13.8 Å². The number of primary amides is 1. The standard InChI is InChI=1S/C13H19FN2O2/c1-3-12(13(15)17)18-11-6-9(8-16-4-2)5-10(14)7-11/h5-7,12,16H,3-4,8H2,1-2H3,(H2,15,17). The third kappa shape index (κ3) is 4.33. The maximum absolute atomic E-state index is 13.4. The average Bonchev–Trinajstić information content (AvgIpc) is 2.32. The zero-order valence-electron chi connectivity index (χ0n) is 10.7. The van der Waals surface area contributed by atoms with Crippen molar-refractivity contribution in [2.45, 2.75) is 32.9 Å². The number of ether oxygens (including phenoxy) is 1. The second-order valence-electron chi connectivity index (χ2n) is 3.99. The first-order valence-corrected chi connectivity index (χ1v) is 6.03. The van der Waals surface area contributed by atoms with Gasteiger partial charge in [-0.05, 0) is 30.7 Å². The number of rotatable bonds is 7. The number of halogens is 1. The van der Waals surface area contributed by atoms with Crippen LogP contribution in [0.4, 0.5) is 4.39 Å². The maximum Gasteiger partial charge on any atom is 0.258 e. The summed E-state index contributed by atoms with van der Waals surface area (Å²) in [6.45, 7) is 5.11. The Morgan fingerprint density at radius 3 is 2.72 bits per heavy atom. The Bertz CT molecular complexity index is 410. The Kier molecular flexibility index (Phi) is 5.58. The zero-order valence-corrected chi connectivity index (χ0v) is 10.7. The summed E-state index contributed by atoms with van der Waals surface area (Å²) < 4.78 is 18.8. The zero-order chi connectivity index (χ0) is 13.5. The van der Waals surface area contributed by atoms with Crippen molar-refractivity contribution in [2.75, 3.05) is 6.54 Å². The van der Waals surface area contributed by atoms with Gasteiger partial charge in [0.2, 0.25) is 0 Å². The highest BCUT2D eigenvalue weighted by Crippen LogP contribution is 2.18. The van der Waals surface area contributed by atoms with Gasteiger partial charge in [0.15, 0.2) is 6.10 Å². The first kappa shape index (κ1) is 14.4. The first-order valence-electron chi connectivity index (χ1n) is 6.03. The van der Waals surface area contributed by atoms with Crippen LogP contribution in [0.25, 0.3) is 0 Å². The van der Waals surface area contributed by atoms with Gasteiger partial charge in [0, 0.05) is 12.6 Å². The van der Waals surface area contributed by atoms with Gasteiger partial charge in [0.05, 0.1) is 0 Å². The molecular weight excluding hydrogens is 235 g/mol. The van der Waals surface area contributed by atoms with Gasteiger partial charge in [-0.2, -0.15) is 0 Å². The number of nitrogens with two attached hydrogens (primary N) is 1. The summed E-state index contributed by atoms with van der Waals surface area (Å²) in [6, 6.07) is 4.39. The lowest BCUT2D eigenvalue weighted by molar-refractivity contribution is -0.124. The van der Waals surface area contributed by atoms with E-state index in [2.05, 4.69) is 5.32 Å². The van der Waals surface area contributed by atoms with E-state index in [4.69, 9.17) is 10.5 Å². The minimum absolute atomic E-state index is 0.327. The lowest BCUT2D eigenvalue weighted by atomic mass is 10.2. The summed E-state index contributed by atoms with van der Waals surface area (Å²) in [5.74, 6) is -0.608. The number of carbonyl (C=O) groups is 1. The summed E-state index contributed by atoms with van der Waals surface area (Å²) in [6.07, 6.45) is -0.271. The van der Waals surface area contributed by atoms with Crippen LogP contribution in [0.15, 0.2) is 18.2 Å². The number of amides is 1. The Morgan fingerprint density at radius 1 is 1.44 bits per heavy atom. The number of hydrogen-bond donors (Lipinski definition) is 2. The predicted octanol–water partition coefficient (Wildman–Crippen LogP) is 1.58. The Labute approximate surface area is 106 Å². The normalized spacial score (nSPS) is 12.2. The summed E-state index contributed by atoms with van der Waals surface area (Å²) >= 11 is 0. The van der Waals surface area contributed by atoms with E-state index in [0.29, 0.717) is 18.7 Å². The molecule has 3 N–H and O–H groups in total. The van der Waals surface area contributed by atoms with Crippen molar-refractivity contribution >= 4 is 5.91 Å². The molecule has 0 spiro atoms. The Balaban J connectivity index is 2.81. The van der Waals surface area contributed by atoms with E-state index in [9.17, 15) is 9.18 Å². The SMILES string of the molecule is CCNCc1cc(F)cc(OC(CC)C(N)=O)c1. The molecule has 1 atom stereocenters. The molecule has 1 unspecified atom stereocenters. The van der Waals surface area contributed by atoms with Gasteiger partial charge >= 0.3 is 0 Å². The quantitative estimate of drug-likeness (QED) is 0.776. The molecule has 0 fully saturated rings. The third-order valence-corrected chi connectivity index (χ3v) is 2.48. The summed E-state index contributed by atoms with van der Waals surface area (Å²) in [5, 5.41) is 3.10. The molecule has 1 aromatic carbocycles. The van der Waals surface area contributed by atoms with Crippen molar-refractivity contribution in [3.05, 3.63) is 29.6 Å². The summed E-state index contributed by atoms with van der Waals surface area (Å²) in [7, 11) is 0.